The van der Waals surface area contributed by atoms with Crippen LogP contribution in [0.4, 0.5) is 0 Å². The zero-order valence-corrected chi connectivity index (χ0v) is 7.56. The molecule has 1 fully saturated rings. The third-order valence-corrected chi connectivity index (χ3v) is 2.91. The van der Waals surface area contributed by atoms with Gasteiger partial charge in [-0.2, -0.15) is 5.26 Å². The summed E-state index contributed by atoms with van der Waals surface area (Å²) < 4.78 is 0. The molecule has 1 nitrogen and oxygen atoms in total. The maximum Gasteiger partial charge on any atom is 0.0686 e. The van der Waals surface area contributed by atoms with Gasteiger partial charge >= 0.3 is 0 Å². The lowest BCUT2D eigenvalue weighted by Crippen LogP contribution is -2.24. The Morgan fingerprint density at radius 3 is 2.18 bits per heavy atom. The predicted octanol–water partition coefficient (Wildman–Crippen LogP) is 3.12. The largest absolute Gasteiger partial charge is 0.198 e. The first kappa shape index (κ1) is 8.59. The van der Waals surface area contributed by atoms with Crippen LogP contribution < -0.4 is 0 Å². The van der Waals surface area contributed by atoms with Gasteiger partial charge in [0, 0.05) is 0 Å². The maximum atomic E-state index is 8.90. The van der Waals surface area contributed by atoms with Crippen LogP contribution in [0.5, 0.6) is 0 Å². The van der Waals surface area contributed by atoms with Crippen molar-refractivity contribution >= 4 is 0 Å². The summed E-state index contributed by atoms with van der Waals surface area (Å²) in [6.07, 6.45) is 6.56. The van der Waals surface area contributed by atoms with Gasteiger partial charge < -0.3 is 0 Å². The van der Waals surface area contributed by atoms with E-state index in [0.717, 1.165) is 0 Å². The van der Waals surface area contributed by atoms with Gasteiger partial charge in [0.15, 0.2) is 0 Å². The summed E-state index contributed by atoms with van der Waals surface area (Å²) in [5.74, 6) is 0.654. The highest BCUT2D eigenvalue weighted by molar-refractivity contribution is 4.97. The highest BCUT2D eigenvalue weighted by atomic mass is 14.4. The van der Waals surface area contributed by atoms with Gasteiger partial charge in [-0.25, -0.2) is 0 Å². The molecular formula is C10H17N. The van der Waals surface area contributed by atoms with Gasteiger partial charge in [0.25, 0.3) is 0 Å². The fourth-order valence-corrected chi connectivity index (χ4v) is 1.92. The monoisotopic (exact) mass is 151 g/mol. The van der Waals surface area contributed by atoms with Gasteiger partial charge in [0.2, 0.25) is 0 Å². The summed E-state index contributed by atoms with van der Waals surface area (Å²) in [4.78, 5) is 0. The summed E-state index contributed by atoms with van der Waals surface area (Å²) in [6, 6.07) is 2.41. The molecular weight excluding hydrogens is 134 g/mol. The first-order valence-corrected chi connectivity index (χ1v) is 4.58. The second kappa shape index (κ2) is 3.26. The molecule has 0 aromatic carbocycles. The Bertz CT molecular complexity index is 158. The second-order valence-electron chi connectivity index (χ2n) is 4.17. The van der Waals surface area contributed by atoms with Gasteiger partial charge in [-0.1, -0.05) is 19.3 Å². The Labute approximate surface area is 69.4 Å². The SMILES string of the molecule is CC(C)(C#N)C1CCCCC1. The van der Waals surface area contributed by atoms with E-state index in [2.05, 4.69) is 19.9 Å². The lowest BCUT2D eigenvalue weighted by Gasteiger charge is -2.31. The van der Waals surface area contributed by atoms with Gasteiger partial charge in [-0.05, 0) is 32.6 Å². The van der Waals surface area contributed by atoms with Gasteiger partial charge in [-0.15, -0.1) is 0 Å². The zero-order valence-electron chi connectivity index (χ0n) is 7.56. The number of rotatable bonds is 1. The fraction of sp³-hybridized carbons (Fsp3) is 0.900. The van der Waals surface area contributed by atoms with Crippen LogP contribution in [0.15, 0.2) is 0 Å². The van der Waals surface area contributed by atoms with Crippen molar-refractivity contribution in [2.75, 3.05) is 0 Å². The normalized spacial score (nSPS) is 21.2. The number of nitriles is 1. The molecule has 0 atom stereocenters. The van der Waals surface area contributed by atoms with E-state index in [9.17, 15) is 0 Å². The van der Waals surface area contributed by atoms with E-state index in [4.69, 9.17) is 5.26 Å². The highest BCUT2D eigenvalue weighted by Crippen LogP contribution is 2.37. The van der Waals surface area contributed by atoms with Gasteiger partial charge in [-0.3, -0.25) is 0 Å². The van der Waals surface area contributed by atoms with E-state index in [1.54, 1.807) is 0 Å². The van der Waals surface area contributed by atoms with E-state index >= 15 is 0 Å². The third-order valence-electron chi connectivity index (χ3n) is 2.91. The average molecular weight is 151 g/mol. The second-order valence-corrected chi connectivity index (χ2v) is 4.17. The predicted molar refractivity (Wildman–Crippen MR) is 46.0 cm³/mol. The van der Waals surface area contributed by atoms with Crippen molar-refractivity contribution in [2.45, 2.75) is 46.0 Å². The number of nitrogens with zero attached hydrogens (tertiary/aromatic N) is 1. The van der Waals surface area contributed by atoms with E-state index in [-0.39, 0.29) is 5.41 Å². The van der Waals surface area contributed by atoms with E-state index in [1.807, 2.05) is 0 Å². The molecule has 1 rings (SSSR count). The highest BCUT2D eigenvalue weighted by Gasteiger charge is 2.29. The minimum Gasteiger partial charge on any atom is -0.198 e. The van der Waals surface area contributed by atoms with Crippen LogP contribution in [0.25, 0.3) is 0 Å². The average Bonchev–Trinajstić information content (AvgIpc) is 2.06. The van der Waals surface area contributed by atoms with Crippen LogP contribution in [0.1, 0.15) is 46.0 Å². The molecule has 1 saturated carbocycles. The number of hydrogen-bond acceptors (Lipinski definition) is 1. The van der Waals surface area contributed by atoms with E-state index < -0.39 is 0 Å². The molecule has 0 radical (unpaired) electrons. The molecule has 0 aliphatic heterocycles. The maximum absolute atomic E-state index is 8.90. The van der Waals surface area contributed by atoms with Crippen LogP contribution in [0, 0.1) is 22.7 Å². The molecule has 62 valence electrons. The quantitative estimate of drug-likeness (QED) is 0.565. The minimum atomic E-state index is -0.0829. The molecule has 0 bridgehead atoms. The molecule has 11 heavy (non-hydrogen) atoms. The minimum absolute atomic E-state index is 0.0829. The van der Waals surface area contributed by atoms with Crippen molar-refractivity contribution < 1.29 is 0 Å². The first-order valence-electron chi connectivity index (χ1n) is 4.58. The lowest BCUT2D eigenvalue weighted by atomic mass is 9.72. The summed E-state index contributed by atoms with van der Waals surface area (Å²) in [7, 11) is 0. The van der Waals surface area contributed by atoms with Crippen LogP contribution in [-0.4, -0.2) is 0 Å². The third kappa shape index (κ3) is 1.96. The molecule has 0 saturated heterocycles. The Morgan fingerprint density at radius 2 is 1.73 bits per heavy atom. The van der Waals surface area contributed by atoms with Crippen molar-refractivity contribution in [3.8, 4) is 6.07 Å². The zero-order chi connectivity index (χ0) is 8.32. The summed E-state index contributed by atoms with van der Waals surface area (Å²) in [5.41, 5.74) is -0.0829. The van der Waals surface area contributed by atoms with Gasteiger partial charge in [0.05, 0.1) is 11.5 Å². The van der Waals surface area contributed by atoms with Crippen molar-refractivity contribution in [1.82, 2.24) is 0 Å². The summed E-state index contributed by atoms with van der Waals surface area (Å²) in [5, 5.41) is 8.90. The molecule has 0 aromatic rings. The van der Waals surface area contributed by atoms with E-state index in [1.165, 1.54) is 32.1 Å². The summed E-state index contributed by atoms with van der Waals surface area (Å²) >= 11 is 0. The van der Waals surface area contributed by atoms with Crippen LogP contribution in [-0.2, 0) is 0 Å². The molecule has 0 N–H and O–H groups in total. The molecule has 0 spiro atoms. The van der Waals surface area contributed by atoms with Crippen molar-refractivity contribution in [3.05, 3.63) is 0 Å². The molecule has 0 unspecified atom stereocenters. The number of hydrogen-bond donors (Lipinski definition) is 0. The Kier molecular flexibility index (Phi) is 2.54. The smallest absolute Gasteiger partial charge is 0.0686 e. The Morgan fingerprint density at radius 1 is 1.18 bits per heavy atom. The van der Waals surface area contributed by atoms with Crippen LogP contribution in [0.3, 0.4) is 0 Å². The topological polar surface area (TPSA) is 23.8 Å². The molecule has 1 aliphatic carbocycles. The molecule has 0 heterocycles. The van der Waals surface area contributed by atoms with Crippen molar-refractivity contribution in [1.29, 1.82) is 5.26 Å². The molecule has 0 amide bonds. The molecule has 1 heteroatoms. The standard InChI is InChI=1S/C10H17N/c1-10(2,8-11)9-6-4-3-5-7-9/h9H,3-7H2,1-2H3. The van der Waals surface area contributed by atoms with E-state index in [0.29, 0.717) is 5.92 Å². The Hall–Kier alpha value is -0.510. The molecule has 0 aromatic heterocycles. The molecule has 1 aliphatic rings. The summed E-state index contributed by atoms with van der Waals surface area (Å²) in [6.45, 7) is 4.14. The lowest BCUT2D eigenvalue weighted by molar-refractivity contribution is 0.217. The van der Waals surface area contributed by atoms with Crippen LogP contribution >= 0.6 is 0 Å². The first-order chi connectivity index (χ1) is 5.17. The fourth-order valence-electron chi connectivity index (χ4n) is 1.92. The Balaban J connectivity index is 2.52. The van der Waals surface area contributed by atoms with Gasteiger partial charge in [0.1, 0.15) is 0 Å². The van der Waals surface area contributed by atoms with Crippen molar-refractivity contribution in [3.63, 3.8) is 0 Å². The van der Waals surface area contributed by atoms with Crippen molar-refractivity contribution in [2.24, 2.45) is 11.3 Å². The van der Waals surface area contributed by atoms with Crippen LogP contribution in [0.2, 0.25) is 0 Å².